The van der Waals surface area contributed by atoms with E-state index >= 15 is 0 Å². The number of hydrogen-bond donors (Lipinski definition) is 0. The van der Waals surface area contributed by atoms with Crippen molar-refractivity contribution in [2.75, 3.05) is 0 Å². The molecule has 0 saturated heterocycles. The Bertz CT molecular complexity index is 2900. The van der Waals surface area contributed by atoms with Crippen LogP contribution in [0.15, 0.2) is 149 Å². The van der Waals surface area contributed by atoms with E-state index in [2.05, 4.69) is 116 Å². The Morgan fingerprint density at radius 2 is 1.17 bits per heavy atom. The van der Waals surface area contributed by atoms with E-state index in [4.69, 9.17) is 4.98 Å². The highest BCUT2D eigenvalue weighted by Gasteiger charge is 2.33. The van der Waals surface area contributed by atoms with Gasteiger partial charge in [-0.1, -0.05) is 116 Å². The number of aryl methyl sites for hydroxylation is 1. The predicted octanol–water partition coefficient (Wildman–Crippen LogP) is 10.7. The van der Waals surface area contributed by atoms with Gasteiger partial charge in [-0.3, -0.25) is 4.57 Å². The van der Waals surface area contributed by atoms with Crippen LogP contribution in [0, 0.1) is 0 Å². The molecule has 48 heavy (non-hydrogen) atoms. The van der Waals surface area contributed by atoms with Gasteiger partial charge in [-0.2, -0.15) is 0 Å². The number of benzene rings is 8. The van der Waals surface area contributed by atoms with Crippen LogP contribution in [0.3, 0.4) is 0 Å². The van der Waals surface area contributed by atoms with Crippen molar-refractivity contribution in [1.82, 2.24) is 9.55 Å². The molecule has 0 spiro atoms. The molecule has 1 aromatic heterocycles. The fourth-order valence-electron chi connectivity index (χ4n) is 8.04. The van der Waals surface area contributed by atoms with Crippen LogP contribution in [0.5, 0.6) is 0 Å². The van der Waals surface area contributed by atoms with Gasteiger partial charge in [0.05, 0.1) is 26.5 Å². The molecule has 0 atom stereocenters. The van der Waals surface area contributed by atoms with E-state index in [1.165, 1.54) is 32.7 Å². The molecule has 5 heteroatoms. The van der Waals surface area contributed by atoms with Crippen LogP contribution in [0.1, 0.15) is 12.7 Å². The summed E-state index contributed by atoms with van der Waals surface area (Å²) in [5.74, 6) is 0.851. The van der Waals surface area contributed by atoms with E-state index in [9.17, 15) is 8.42 Å². The van der Waals surface area contributed by atoms with E-state index in [0.29, 0.717) is 32.9 Å². The molecule has 0 amide bonds. The van der Waals surface area contributed by atoms with E-state index in [-0.39, 0.29) is 0 Å². The summed E-state index contributed by atoms with van der Waals surface area (Å²) >= 11 is 0. The third kappa shape index (κ3) is 3.59. The third-order valence-corrected chi connectivity index (χ3v) is 11.9. The highest BCUT2D eigenvalue weighted by molar-refractivity contribution is 7.92. The maximum absolute atomic E-state index is 14.3. The monoisotopic (exact) mass is 636 g/mol. The summed E-state index contributed by atoms with van der Waals surface area (Å²) in [6, 6.07) is 47.9. The van der Waals surface area contributed by atoms with Gasteiger partial charge in [-0.25, -0.2) is 13.4 Å². The number of aromatic nitrogens is 2. The van der Waals surface area contributed by atoms with Gasteiger partial charge in [0.15, 0.2) is 0 Å². The first-order valence-electron chi connectivity index (χ1n) is 16.3. The van der Waals surface area contributed by atoms with E-state index < -0.39 is 9.84 Å². The van der Waals surface area contributed by atoms with Crippen molar-refractivity contribution in [3.8, 4) is 27.9 Å². The normalized spacial score (nSPS) is 13.5. The maximum atomic E-state index is 14.3. The molecule has 0 N–H and O–H groups in total. The molecule has 1 aliphatic heterocycles. The topological polar surface area (TPSA) is 52.0 Å². The number of rotatable bonds is 3. The van der Waals surface area contributed by atoms with Crippen LogP contribution in [-0.2, 0) is 16.3 Å². The van der Waals surface area contributed by atoms with Gasteiger partial charge in [-0.05, 0) is 95.7 Å². The molecule has 0 radical (unpaired) electrons. The number of imidazole rings is 1. The Balaban J connectivity index is 1.31. The van der Waals surface area contributed by atoms with Gasteiger partial charge in [-0.15, -0.1) is 0 Å². The second-order valence-electron chi connectivity index (χ2n) is 12.6. The minimum absolute atomic E-state index is 0.310. The van der Waals surface area contributed by atoms with Crippen LogP contribution in [0.2, 0.25) is 0 Å². The zero-order valence-corrected chi connectivity index (χ0v) is 26.9. The molecular weight excluding hydrogens is 609 g/mol. The molecule has 0 aliphatic carbocycles. The smallest absolute Gasteiger partial charge is 0.210 e. The molecular formula is C43H28N2O2S. The molecule has 8 aromatic carbocycles. The van der Waals surface area contributed by atoms with Crippen molar-refractivity contribution in [2.24, 2.45) is 0 Å². The lowest BCUT2D eigenvalue weighted by molar-refractivity contribution is 0.594. The van der Waals surface area contributed by atoms with Gasteiger partial charge < -0.3 is 0 Å². The predicted molar refractivity (Wildman–Crippen MR) is 197 cm³/mol. The first-order valence-corrected chi connectivity index (χ1v) is 17.8. The van der Waals surface area contributed by atoms with Crippen molar-refractivity contribution >= 4 is 64.0 Å². The minimum Gasteiger partial charge on any atom is -0.294 e. The summed E-state index contributed by atoms with van der Waals surface area (Å²) in [6.07, 6.45) is 0.690. The van der Waals surface area contributed by atoms with Crippen molar-refractivity contribution in [3.05, 3.63) is 145 Å². The van der Waals surface area contributed by atoms with Crippen LogP contribution in [0.25, 0.3) is 82.1 Å². The first-order chi connectivity index (χ1) is 23.5. The van der Waals surface area contributed by atoms with Crippen molar-refractivity contribution in [3.63, 3.8) is 0 Å². The molecule has 0 saturated carbocycles. The standard InChI is InChI=1S/C43H28N2O2S/c1-2-40-44-36-20-11-21-38-43(36)45(40)37-23-22-27(25-39(37)48(38,46)47)41-31-16-7-9-18-33(31)42(34-19-10-8-17-32(34)41)35-24-26-12-3-4-13-28(26)29-14-5-6-15-30(29)35/h3-25H,2H2,1H3. The summed E-state index contributed by atoms with van der Waals surface area (Å²) in [4.78, 5) is 5.43. The van der Waals surface area contributed by atoms with Crippen molar-refractivity contribution in [1.29, 1.82) is 0 Å². The average Bonchev–Trinajstić information content (AvgIpc) is 3.52. The SMILES string of the molecule is CCc1nc2cccc3c2n1-c1ccc(-c2c4ccccc4c(-c4cc5ccccc5c5ccccc45)c4ccccc24)cc1S3(=O)=O. The van der Waals surface area contributed by atoms with E-state index in [0.717, 1.165) is 38.5 Å². The Morgan fingerprint density at radius 1 is 0.562 bits per heavy atom. The van der Waals surface area contributed by atoms with Crippen LogP contribution in [-0.4, -0.2) is 18.0 Å². The lowest BCUT2D eigenvalue weighted by Gasteiger charge is -2.23. The highest BCUT2D eigenvalue weighted by Crippen LogP contribution is 2.48. The summed E-state index contributed by atoms with van der Waals surface area (Å²) in [5.41, 5.74) is 6.29. The summed E-state index contributed by atoms with van der Waals surface area (Å²) in [6.45, 7) is 2.06. The zero-order valence-electron chi connectivity index (χ0n) is 26.1. The Labute approximate surface area is 277 Å². The Morgan fingerprint density at radius 3 is 1.85 bits per heavy atom. The molecule has 0 unspecified atom stereocenters. The highest BCUT2D eigenvalue weighted by atomic mass is 32.2. The summed E-state index contributed by atoms with van der Waals surface area (Å²) < 4.78 is 30.7. The second-order valence-corrected chi connectivity index (χ2v) is 14.4. The number of nitrogens with zero attached hydrogens (tertiary/aromatic N) is 2. The molecule has 0 fully saturated rings. The molecule has 228 valence electrons. The van der Waals surface area contributed by atoms with Gasteiger partial charge in [0, 0.05) is 6.42 Å². The lowest BCUT2D eigenvalue weighted by atomic mass is 9.84. The number of hydrogen-bond acceptors (Lipinski definition) is 3. The summed E-state index contributed by atoms with van der Waals surface area (Å²) in [7, 11) is -3.80. The Kier molecular flexibility index (Phi) is 5.62. The molecule has 2 heterocycles. The number of fused-ring (bicyclic) bond motifs is 7. The van der Waals surface area contributed by atoms with Gasteiger partial charge in [0.25, 0.3) is 0 Å². The largest absolute Gasteiger partial charge is 0.294 e. The van der Waals surface area contributed by atoms with Crippen LogP contribution < -0.4 is 0 Å². The van der Waals surface area contributed by atoms with Crippen LogP contribution in [0.4, 0.5) is 0 Å². The van der Waals surface area contributed by atoms with Crippen molar-refractivity contribution < 1.29 is 8.42 Å². The molecule has 10 rings (SSSR count). The van der Waals surface area contributed by atoms with Gasteiger partial charge in [0.2, 0.25) is 9.84 Å². The van der Waals surface area contributed by atoms with E-state index in [1.54, 1.807) is 12.1 Å². The number of para-hydroxylation sites is 1. The maximum Gasteiger partial charge on any atom is 0.210 e. The molecule has 1 aliphatic rings. The van der Waals surface area contributed by atoms with Crippen molar-refractivity contribution in [2.45, 2.75) is 23.1 Å². The zero-order chi connectivity index (χ0) is 32.1. The minimum atomic E-state index is -3.80. The summed E-state index contributed by atoms with van der Waals surface area (Å²) in [5, 5.41) is 9.28. The van der Waals surface area contributed by atoms with Gasteiger partial charge in [0.1, 0.15) is 5.82 Å². The molecule has 4 nitrogen and oxygen atoms in total. The average molecular weight is 637 g/mol. The van der Waals surface area contributed by atoms with Gasteiger partial charge >= 0.3 is 0 Å². The first kappa shape index (κ1) is 27.3. The van der Waals surface area contributed by atoms with Crippen LogP contribution >= 0.6 is 0 Å². The molecule has 9 aromatic rings. The molecule has 0 bridgehead atoms. The van der Waals surface area contributed by atoms with E-state index in [1.807, 2.05) is 22.8 Å². The second kappa shape index (κ2) is 9.86. The third-order valence-electron chi connectivity index (χ3n) is 10.1. The fourth-order valence-corrected chi connectivity index (χ4v) is 9.70. The quantitative estimate of drug-likeness (QED) is 0.143. The lowest BCUT2D eigenvalue weighted by Crippen LogP contribution is -2.16. The fraction of sp³-hybridized carbons (Fsp3) is 0.0465. The number of sulfone groups is 1. The Hall–Kier alpha value is -5.78.